The third-order valence-electron chi connectivity index (χ3n) is 3.87. The maximum atomic E-state index is 11.9. The molecular formula is C14H26N2O2. The van der Waals surface area contributed by atoms with Crippen molar-refractivity contribution in [2.24, 2.45) is 11.8 Å². The summed E-state index contributed by atoms with van der Waals surface area (Å²) in [6, 6.07) is 0.00568. The van der Waals surface area contributed by atoms with Crippen LogP contribution in [0.4, 0.5) is 0 Å². The minimum atomic E-state index is 0.00568. The van der Waals surface area contributed by atoms with Gasteiger partial charge in [-0.15, -0.1) is 0 Å². The first kappa shape index (κ1) is 13.8. The van der Waals surface area contributed by atoms with E-state index in [4.69, 9.17) is 4.74 Å². The molecule has 4 nitrogen and oxygen atoms in total. The minimum Gasteiger partial charge on any atom is -0.381 e. The van der Waals surface area contributed by atoms with Gasteiger partial charge >= 0.3 is 0 Å². The van der Waals surface area contributed by atoms with E-state index in [0.717, 1.165) is 45.1 Å². The number of piperidine rings is 1. The maximum absolute atomic E-state index is 11.9. The lowest BCUT2D eigenvalue weighted by Crippen LogP contribution is -2.51. The Morgan fingerprint density at radius 1 is 1.39 bits per heavy atom. The molecule has 1 heterocycles. The third kappa shape index (κ3) is 4.58. The molecule has 1 amide bonds. The molecule has 1 saturated carbocycles. The van der Waals surface area contributed by atoms with Gasteiger partial charge in [0.2, 0.25) is 5.91 Å². The van der Waals surface area contributed by atoms with Gasteiger partial charge in [-0.2, -0.15) is 0 Å². The van der Waals surface area contributed by atoms with Crippen molar-refractivity contribution in [3.8, 4) is 0 Å². The molecule has 0 spiro atoms. The number of hydrogen-bond donors (Lipinski definition) is 2. The van der Waals surface area contributed by atoms with Crippen LogP contribution in [-0.2, 0) is 9.53 Å². The Morgan fingerprint density at radius 3 is 2.94 bits per heavy atom. The number of carbonyl (C=O) groups is 1. The number of carbonyl (C=O) groups excluding carboxylic acids is 1. The monoisotopic (exact) mass is 254 g/mol. The molecule has 4 heteroatoms. The predicted molar refractivity (Wildman–Crippen MR) is 71.4 cm³/mol. The molecule has 104 valence electrons. The number of hydrogen-bond acceptors (Lipinski definition) is 3. The maximum Gasteiger partial charge on any atom is 0.237 e. The molecule has 0 aromatic carbocycles. The minimum absolute atomic E-state index is 0.00568. The highest BCUT2D eigenvalue weighted by atomic mass is 16.5. The molecular weight excluding hydrogens is 228 g/mol. The summed E-state index contributed by atoms with van der Waals surface area (Å²) in [5.74, 6) is 1.43. The summed E-state index contributed by atoms with van der Waals surface area (Å²) >= 11 is 0. The molecule has 2 aliphatic rings. The van der Waals surface area contributed by atoms with Gasteiger partial charge in [-0.25, -0.2) is 0 Å². The Balaban J connectivity index is 1.50. The van der Waals surface area contributed by atoms with Crippen LogP contribution in [0.15, 0.2) is 0 Å². The second-order valence-corrected chi connectivity index (χ2v) is 5.71. The lowest BCUT2D eigenvalue weighted by Gasteiger charge is -2.28. The van der Waals surface area contributed by atoms with Crippen LogP contribution in [0.1, 0.15) is 39.0 Å². The van der Waals surface area contributed by atoms with Crippen molar-refractivity contribution in [2.75, 3.05) is 26.3 Å². The third-order valence-corrected chi connectivity index (χ3v) is 3.87. The van der Waals surface area contributed by atoms with Gasteiger partial charge in [0.15, 0.2) is 0 Å². The Hall–Kier alpha value is -0.610. The van der Waals surface area contributed by atoms with Crippen LogP contribution in [0, 0.1) is 11.8 Å². The topological polar surface area (TPSA) is 50.4 Å². The second-order valence-electron chi connectivity index (χ2n) is 5.71. The number of nitrogens with one attached hydrogen (secondary N) is 2. The fourth-order valence-electron chi connectivity index (χ4n) is 2.43. The molecule has 0 aromatic rings. The van der Waals surface area contributed by atoms with E-state index in [1.807, 2.05) is 0 Å². The molecule has 2 N–H and O–H groups in total. The van der Waals surface area contributed by atoms with Crippen LogP contribution in [0.3, 0.4) is 0 Å². The van der Waals surface area contributed by atoms with Gasteiger partial charge in [0.1, 0.15) is 0 Å². The zero-order chi connectivity index (χ0) is 12.8. The Kier molecular flexibility index (Phi) is 5.45. The van der Waals surface area contributed by atoms with Crippen LogP contribution < -0.4 is 10.6 Å². The quantitative estimate of drug-likeness (QED) is 0.673. The number of ether oxygens (including phenoxy) is 1. The molecule has 2 atom stereocenters. The molecule has 18 heavy (non-hydrogen) atoms. The molecule has 2 fully saturated rings. The highest BCUT2D eigenvalue weighted by molar-refractivity contribution is 5.82. The summed E-state index contributed by atoms with van der Waals surface area (Å²) < 4.78 is 5.54. The summed E-state index contributed by atoms with van der Waals surface area (Å²) in [4.78, 5) is 11.9. The predicted octanol–water partition coefficient (Wildman–Crippen LogP) is 1.31. The largest absolute Gasteiger partial charge is 0.381 e. The number of amides is 1. The molecule has 0 aromatic heterocycles. The second kappa shape index (κ2) is 7.10. The molecule has 1 aliphatic carbocycles. The van der Waals surface area contributed by atoms with E-state index in [2.05, 4.69) is 17.6 Å². The van der Waals surface area contributed by atoms with E-state index in [1.165, 1.54) is 19.3 Å². The Labute approximate surface area is 110 Å². The highest BCUT2D eigenvalue weighted by Crippen LogP contribution is 2.28. The number of rotatable bonds is 7. The van der Waals surface area contributed by atoms with Gasteiger partial charge in [0, 0.05) is 19.8 Å². The lowest BCUT2D eigenvalue weighted by molar-refractivity contribution is -0.124. The molecule has 2 unspecified atom stereocenters. The van der Waals surface area contributed by atoms with Crippen molar-refractivity contribution >= 4 is 5.91 Å². The standard InChI is InChI=1S/C14H26N2O2/c1-11-4-2-7-15-13(11)14(17)16-8-3-9-18-10-12-5-6-12/h11-13,15H,2-10H2,1H3,(H,16,17). The van der Waals surface area contributed by atoms with Crippen molar-refractivity contribution in [2.45, 2.75) is 45.1 Å². The van der Waals surface area contributed by atoms with Gasteiger partial charge in [-0.3, -0.25) is 4.79 Å². The van der Waals surface area contributed by atoms with Crippen molar-refractivity contribution in [1.29, 1.82) is 0 Å². The van der Waals surface area contributed by atoms with Crippen LogP contribution in [0.5, 0.6) is 0 Å². The smallest absolute Gasteiger partial charge is 0.237 e. The molecule has 0 radical (unpaired) electrons. The zero-order valence-electron chi connectivity index (χ0n) is 11.4. The van der Waals surface area contributed by atoms with E-state index in [1.54, 1.807) is 0 Å². The van der Waals surface area contributed by atoms with E-state index in [0.29, 0.717) is 5.92 Å². The van der Waals surface area contributed by atoms with E-state index >= 15 is 0 Å². The van der Waals surface area contributed by atoms with E-state index in [-0.39, 0.29) is 11.9 Å². The lowest BCUT2D eigenvalue weighted by atomic mass is 9.92. The van der Waals surface area contributed by atoms with Gasteiger partial charge in [0.05, 0.1) is 6.04 Å². The van der Waals surface area contributed by atoms with Gasteiger partial charge in [-0.1, -0.05) is 6.92 Å². The summed E-state index contributed by atoms with van der Waals surface area (Å²) in [7, 11) is 0. The van der Waals surface area contributed by atoms with Gasteiger partial charge < -0.3 is 15.4 Å². The van der Waals surface area contributed by atoms with E-state index in [9.17, 15) is 4.79 Å². The van der Waals surface area contributed by atoms with Crippen LogP contribution in [-0.4, -0.2) is 38.3 Å². The molecule has 1 saturated heterocycles. The molecule has 1 aliphatic heterocycles. The first-order valence-electron chi connectivity index (χ1n) is 7.36. The SMILES string of the molecule is CC1CCCNC1C(=O)NCCCOCC1CC1. The summed E-state index contributed by atoms with van der Waals surface area (Å²) in [5, 5.41) is 6.31. The average Bonchev–Trinajstić information content (AvgIpc) is 3.18. The van der Waals surface area contributed by atoms with Crippen molar-refractivity contribution < 1.29 is 9.53 Å². The van der Waals surface area contributed by atoms with Gasteiger partial charge in [0.25, 0.3) is 0 Å². The zero-order valence-corrected chi connectivity index (χ0v) is 11.4. The van der Waals surface area contributed by atoms with Gasteiger partial charge in [-0.05, 0) is 50.5 Å². The fraction of sp³-hybridized carbons (Fsp3) is 0.929. The molecule has 0 bridgehead atoms. The van der Waals surface area contributed by atoms with Crippen molar-refractivity contribution in [3.05, 3.63) is 0 Å². The first-order valence-corrected chi connectivity index (χ1v) is 7.36. The fourth-order valence-corrected chi connectivity index (χ4v) is 2.43. The Morgan fingerprint density at radius 2 is 2.22 bits per heavy atom. The van der Waals surface area contributed by atoms with Crippen molar-refractivity contribution in [1.82, 2.24) is 10.6 Å². The normalized spacial score (nSPS) is 28.1. The Bertz CT molecular complexity index is 267. The summed E-state index contributed by atoms with van der Waals surface area (Å²) in [5.41, 5.74) is 0. The van der Waals surface area contributed by atoms with Crippen LogP contribution in [0.25, 0.3) is 0 Å². The van der Waals surface area contributed by atoms with Crippen molar-refractivity contribution in [3.63, 3.8) is 0 Å². The highest BCUT2D eigenvalue weighted by Gasteiger charge is 2.26. The summed E-state index contributed by atoms with van der Waals surface area (Å²) in [6.45, 7) is 5.52. The van der Waals surface area contributed by atoms with E-state index < -0.39 is 0 Å². The van der Waals surface area contributed by atoms with Crippen LogP contribution >= 0.6 is 0 Å². The average molecular weight is 254 g/mol. The first-order chi connectivity index (χ1) is 8.77. The van der Waals surface area contributed by atoms with Crippen LogP contribution in [0.2, 0.25) is 0 Å². The molecule has 2 rings (SSSR count). The summed E-state index contributed by atoms with van der Waals surface area (Å²) in [6.07, 6.45) is 5.92.